The molecule has 0 amide bonds. The van der Waals surface area contributed by atoms with E-state index in [9.17, 15) is 83.5 Å². The van der Waals surface area contributed by atoms with Gasteiger partial charge in [0.25, 0.3) is 60.7 Å². The lowest BCUT2D eigenvalue weighted by atomic mass is 10.0. The highest BCUT2D eigenvalue weighted by atomic mass is 32.2. The average Bonchev–Trinajstić information content (AvgIpc) is 3.21. The zero-order valence-corrected chi connectivity index (χ0v) is 39.9. The van der Waals surface area contributed by atoms with E-state index in [1.807, 2.05) is 0 Å². The molecule has 0 heterocycles. The molecular formula is C37H33N7O20S6. The van der Waals surface area contributed by atoms with Crippen LogP contribution in [0, 0.1) is 0 Å². The summed E-state index contributed by atoms with van der Waals surface area (Å²) in [5.74, 6) is -7.01. The fourth-order valence-corrected chi connectivity index (χ4v) is 10.8. The number of hydrogen-bond donors (Lipinski definition) is 8. The summed E-state index contributed by atoms with van der Waals surface area (Å²) in [6, 6.07) is 14.3. The molecule has 0 aliphatic carbocycles. The lowest BCUT2D eigenvalue weighted by Gasteiger charge is -2.16. The van der Waals surface area contributed by atoms with Crippen molar-refractivity contribution in [3.63, 3.8) is 0 Å². The average molecular weight is 1090 g/mol. The lowest BCUT2D eigenvalue weighted by Crippen LogP contribution is -2.06. The summed E-state index contributed by atoms with van der Waals surface area (Å²) < 4.78 is 201. The minimum atomic E-state index is -5.42. The SMILES string of the molecule is COS(=O)(=O)c1ccc(N=Nc2cc(CS(=O)(=O)O)c3cc(S(=O)(=O)O)c(N=Nc4ccccc4CS(=O)(=O)O)c(O)c3c2N)c2c(O)c(N=Nc3ccccc3CS(=O)(=O)O)c(CS(=O)(=O)O)cc12. The monoisotopic (exact) mass is 1090 g/mol. The molecule has 33 heteroatoms. The van der Waals surface area contributed by atoms with Crippen LogP contribution in [0.2, 0.25) is 0 Å². The van der Waals surface area contributed by atoms with Crippen molar-refractivity contribution in [3.8, 4) is 11.5 Å². The highest BCUT2D eigenvalue weighted by molar-refractivity contribution is 7.87. The number of aromatic hydroxyl groups is 2. The molecule has 9 N–H and O–H groups in total. The number of hydrogen-bond acceptors (Lipinski definition) is 22. The smallest absolute Gasteiger partial charge is 0.297 e. The van der Waals surface area contributed by atoms with E-state index in [1.54, 1.807) is 0 Å². The Labute approximate surface area is 396 Å². The molecule has 0 unspecified atom stereocenters. The number of rotatable bonds is 17. The Morgan fingerprint density at radius 3 is 1.40 bits per heavy atom. The first-order valence-electron chi connectivity index (χ1n) is 18.7. The quantitative estimate of drug-likeness (QED) is 0.0213. The van der Waals surface area contributed by atoms with E-state index in [4.69, 9.17) is 5.73 Å². The van der Waals surface area contributed by atoms with Crippen molar-refractivity contribution in [3.05, 3.63) is 101 Å². The first-order chi connectivity index (χ1) is 32.3. The molecule has 6 rings (SSSR count). The van der Waals surface area contributed by atoms with Crippen LogP contribution in [0.5, 0.6) is 11.5 Å². The molecule has 0 aliphatic rings. The van der Waals surface area contributed by atoms with Crippen LogP contribution in [0.15, 0.2) is 119 Å². The Bertz CT molecular complexity index is 3960. The van der Waals surface area contributed by atoms with Gasteiger partial charge in [-0.2, -0.15) is 60.7 Å². The number of azo groups is 3. The van der Waals surface area contributed by atoms with Gasteiger partial charge in [0.1, 0.15) is 49.9 Å². The van der Waals surface area contributed by atoms with Gasteiger partial charge in [0, 0.05) is 10.9 Å². The summed E-state index contributed by atoms with van der Waals surface area (Å²) in [5.41, 5.74) is 0.780. The summed E-state index contributed by atoms with van der Waals surface area (Å²) >= 11 is 0. The van der Waals surface area contributed by atoms with E-state index in [-0.39, 0.29) is 22.5 Å². The molecular weight excluding hydrogens is 1050 g/mol. The minimum absolute atomic E-state index is 0.133. The molecule has 0 atom stereocenters. The molecule has 0 aliphatic heterocycles. The predicted molar refractivity (Wildman–Crippen MR) is 246 cm³/mol. The molecule has 0 spiro atoms. The fourth-order valence-electron chi connectivity index (χ4n) is 6.77. The second kappa shape index (κ2) is 19.4. The molecule has 6 aromatic carbocycles. The Morgan fingerprint density at radius 1 is 0.457 bits per heavy atom. The highest BCUT2D eigenvalue weighted by Gasteiger charge is 2.29. The van der Waals surface area contributed by atoms with E-state index in [1.165, 1.54) is 48.5 Å². The van der Waals surface area contributed by atoms with Gasteiger partial charge >= 0.3 is 0 Å². The van der Waals surface area contributed by atoms with Gasteiger partial charge in [-0.1, -0.05) is 36.4 Å². The fraction of sp³-hybridized carbons (Fsp3) is 0.135. The van der Waals surface area contributed by atoms with Crippen LogP contribution < -0.4 is 5.73 Å². The zero-order valence-electron chi connectivity index (χ0n) is 35.0. The van der Waals surface area contributed by atoms with Crippen molar-refractivity contribution in [2.75, 3.05) is 12.8 Å². The van der Waals surface area contributed by atoms with Crippen LogP contribution in [0.3, 0.4) is 0 Å². The van der Waals surface area contributed by atoms with Gasteiger partial charge < -0.3 is 15.9 Å². The van der Waals surface area contributed by atoms with E-state index >= 15 is 0 Å². The van der Waals surface area contributed by atoms with Gasteiger partial charge in [0.05, 0.1) is 40.6 Å². The summed E-state index contributed by atoms with van der Waals surface area (Å²) in [6.07, 6.45) is 0. The second-order valence-corrected chi connectivity index (χ2v) is 23.4. The zero-order chi connectivity index (χ0) is 51.9. The summed E-state index contributed by atoms with van der Waals surface area (Å²) in [7, 11) is -28.8. The van der Waals surface area contributed by atoms with Crippen LogP contribution in [0.4, 0.5) is 39.8 Å². The summed E-state index contributed by atoms with van der Waals surface area (Å²) in [4.78, 5) is -1.95. The van der Waals surface area contributed by atoms with Crippen molar-refractivity contribution < 1.29 is 87.7 Å². The van der Waals surface area contributed by atoms with Crippen LogP contribution in [-0.4, -0.2) is 90.6 Å². The molecule has 6 aromatic rings. The number of nitrogen functional groups attached to an aromatic ring is 1. The molecule has 27 nitrogen and oxygen atoms in total. The Balaban J connectivity index is 1.65. The van der Waals surface area contributed by atoms with Gasteiger partial charge in [0.15, 0.2) is 11.5 Å². The molecule has 0 saturated heterocycles. The number of anilines is 1. The predicted octanol–water partition coefficient (Wildman–Crippen LogP) is 6.37. The Morgan fingerprint density at radius 2 is 0.900 bits per heavy atom. The third kappa shape index (κ3) is 12.4. The molecule has 0 saturated carbocycles. The number of phenols is 2. The maximum atomic E-state index is 13.2. The molecule has 70 heavy (non-hydrogen) atoms. The minimum Gasteiger partial charge on any atom is -0.505 e. The Kier molecular flexibility index (Phi) is 14.6. The third-order valence-electron chi connectivity index (χ3n) is 9.59. The van der Waals surface area contributed by atoms with Gasteiger partial charge in [0.2, 0.25) is 0 Å². The van der Waals surface area contributed by atoms with Crippen molar-refractivity contribution >= 4 is 122 Å². The maximum Gasteiger partial charge on any atom is 0.297 e. The maximum absolute atomic E-state index is 13.2. The molecule has 0 radical (unpaired) electrons. The summed E-state index contributed by atoms with van der Waals surface area (Å²) in [5, 5.41) is 44.4. The van der Waals surface area contributed by atoms with Gasteiger partial charge in [-0.3, -0.25) is 26.9 Å². The van der Waals surface area contributed by atoms with E-state index in [2.05, 4.69) is 34.9 Å². The van der Waals surface area contributed by atoms with E-state index in [0.717, 1.165) is 31.4 Å². The van der Waals surface area contributed by atoms with Crippen LogP contribution in [0.1, 0.15) is 22.3 Å². The van der Waals surface area contributed by atoms with Crippen LogP contribution >= 0.6 is 0 Å². The standard InChI is InChI=1S/C37H33N7O20S6/c1-64-70(62,63)29-11-10-27(31-24(29)12-22(18-68(56,57)58)34(36(31)45)43-39-25-8-4-2-6-19(25)15-65(47,48)49)41-42-28-13-21(17-67(53,54)55)23-14-30(69(59,60)61)35(37(46)32(23)33(28)38)44-40-26-9-5-3-7-20(26)16-66(50,51)52/h2-14,45-46H,15-18,38H2,1H3,(H,47,48,49)(H,50,51,52)(H,53,54,55)(H,56,57,58)(H,59,60,61). The topological polar surface area (TPSA) is 456 Å². The molecule has 0 bridgehead atoms. The number of fused-ring (bicyclic) bond motifs is 2. The third-order valence-corrected chi connectivity index (χ3v) is 14.5. The normalized spacial score (nSPS) is 13.4. The van der Waals surface area contributed by atoms with Crippen LogP contribution in [-0.2, 0) is 87.9 Å². The largest absolute Gasteiger partial charge is 0.505 e. The first-order valence-corrected chi connectivity index (χ1v) is 28.0. The molecule has 372 valence electrons. The van der Waals surface area contributed by atoms with Crippen molar-refractivity contribution in [1.82, 2.24) is 0 Å². The van der Waals surface area contributed by atoms with E-state index in [0.29, 0.717) is 6.07 Å². The van der Waals surface area contributed by atoms with Crippen molar-refractivity contribution in [2.45, 2.75) is 32.8 Å². The van der Waals surface area contributed by atoms with Gasteiger partial charge in [-0.25, -0.2) is 0 Å². The second-order valence-electron chi connectivity index (χ2n) is 14.6. The lowest BCUT2D eigenvalue weighted by molar-refractivity contribution is 0.398. The Hall–Kier alpha value is -6.50. The van der Waals surface area contributed by atoms with Crippen molar-refractivity contribution in [1.29, 1.82) is 0 Å². The number of phenolic OH excluding ortho intramolecular Hbond substituents is 2. The van der Waals surface area contributed by atoms with Crippen molar-refractivity contribution in [2.24, 2.45) is 30.7 Å². The van der Waals surface area contributed by atoms with E-state index < -0.39 is 166 Å². The number of nitrogens with zero attached hydrogens (tertiary/aromatic N) is 6. The number of nitrogens with two attached hydrogens (primary N) is 1. The number of benzene rings is 6. The highest BCUT2D eigenvalue weighted by Crippen LogP contribution is 2.50. The summed E-state index contributed by atoms with van der Waals surface area (Å²) in [6.45, 7) is 0. The van der Waals surface area contributed by atoms with Gasteiger partial charge in [-0.15, -0.1) is 20.5 Å². The molecule has 0 fully saturated rings. The van der Waals surface area contributed by atoms with Crippen LogP contribution in [0.25, 0.3) is 21.5 Å². The first kappa shape index (κ1) is 52.9. The van der Waals surface area contributed by atoms with Gasteiger partial charge in [-0.05, 0) is 64.5 Å². The molecule has 0 aromatic heterocycles.